The van der Waals surface area contributed by atoms with Crippen molar-refractivity contribution in [3.8, 4) is 22.6 Å². The first kappa shape index (κ1) is 18.5. The number of fused-ring (bicyclic) bond motifs is 1. The second kappa shape index (κ2) is 7.53. The molecular formula is C21H20O6. The zero-order valence-corrected chi connectivity index (χ0v) is 15.6. The largest absolute Gasteiger partial charge is 0.497 e. The predicted octanol–water partition coefficient (Wildman–Crippen LogP) is 3.72. The van der Waals surface area contributed by atoms with E-state index in [4.69, 9.17) is 13.9 Å². The van der Waals surface area contributed by atoms with Gasteiger partial charge in [-0.25, -0.2) is 9.59 Å². The second-order valence-electron chi connectivity index (χ2n) is 6.06. The van der Waals surface area contributed by atoms with Crippen molar-refractivity contribution in [2.45, 2.75) is 20.0 Å². The van der Waals surface area contributed by atoms with Gasteiger partial charge in [0.05, 0.1) is 14.2 Å². The molecule has 0 N–H and O–H groups in total. The van der Waals surface area contributed by atoms with E-state index >= 15 is 0 Å². The Bertz CT molecular complexity index is 1030. The zero-order valence-electron chi connectivity index (χ0n) is 15.6. The van der Waals surface area contributed by atoms with Gasteiger partial charge in [0.2, 0.25) is 0 Å². The van der Waals surface area contributed by atoms with E-state index in [0.29, 0.717) is 16.9 Å². The predicted molar refractivity (Wildman–Crippen MR) is 101 cm³/mol. The maximum absolute atomic E-state index is 12.1. The highest BCUT2D eigenvalue weighted by molar-refractivity contribution is 5.95. The van der Waals surface area contributed by atoms with Gasteiger partial charge in [-0.3, -0.25) is 0 Å². The van der Waals surface area contributed by atoms with Crippen molar-refractivity contribution in [1.82, 2.24) is 0 Å². The number of carbonyl (C=O) groups excluding carboxylic acids is 1. The Morgan fingerprint density at radius 2 is 1.78 bits per heavy atom. The summed E-state index contributed by atoms with van der Waals surface area (Å²) in [7, 11) is 2.90. The van der Waals surface area contributed by atoms with Gasteiger partial charge in [0.25, 0.3) is 0 Å². The van der Waals surface area contributed by atoms with Crippen molar-refractivity contribution >= 4 is 16.9 Å². The van der Waals surface area contributed by atoms with Crippen molar-refractivity contribution in [3.05, 3.63) is 58.4 Å². The fraction of sp³-hybridized carbons (Fsp3) is 0.238. The minimum Gasteiger partial charge on any atom is -0.497 e. The minimum absolute atomic E-state index is 0.419. The highest BCUT2D eigenvalue weighted by Crippen LogP contribution is 2.34. The van der Waals surface area contributed by atoms with E-state index in [-0.39, 0.29) is 0 Å². The van der Waals surface area contributed by atoms with Gasteiger partial charge < -0.3 is 18.6 Å². The SMILES string of the molecule is COC(=O)C(C)Oc1ccc2c(-c3ccc(OC)cc3)cc(=O)oc2c1C. The van der Waals surface area contributed by atoms with Crippen molar-refractivity contribution in [2.24, 2.45) is 0 Å². The molecule has 0 bridgehead atoms. The number of rotatable bonds is 5. The van der Waals surface area contributed by atoms with Gasteiger partial charge in [-0.15, -0.1) is 0 Å². The molecule has 1 unspecified atom stereocenters. The molecule has 2 aromatic carbocycles. The van der Waals surface area contributed by atoms with Gasteiger partial charge in [-0.05, 0) is 49.2 Å². The number of hydrogen-bond donors (Lipinski definition) is 0. The van der Waals surface area contributed by atoms with Gasteiger partial charge in [0.15, 0.2) is 6.10 Å². The number of aryl methyl sites for hydroxylation is 1. The van der Waals surface area contributed by atoms with Crippen LogP contribution < -0.4 is 15.1 Å². The molecule has 0 amide bonds. The van der Waals surface area contributed by atoms with Crippen LogP contribution in [0.15, 0.2) is 51.7 Å². The van der Waals surface area contributed by atoms with E-state index < -0.39 is 17.7 Å². The van der Waals surface area contributed by atoms with Crippen LogP contribution in [0.1, 0.15) is 12.5 Å². The Morgan fingerprint density at radius 3 is 2.41 bits per heavy atom. The summed E-state index contributed by atoms with van der Waals surface area (Å²) < 4.78 is 21.0. The van der Waals surface area contributed by atoms with Crippen LogP contribution >= 0.6 is 0 Å². The number of ether oxygens (including phenoxy) is 3. The maximum atomic E-state index is 12.1. The van der Waals surface area contributed by atoms with Gasteiger partial charge in [-0.2, -0.15) is 0 Å². The molecule has 0 aliphatic heterocycles. The van der Waals surface area contributed by atoms with Crippen LogP contribution in [0.3, 0.4) is 0 Å². The molecule has 3 aromatic rings. The maximum Gasteiger partial charge on any atom is 0.346 e. The van der Waals surface area contributed by atoms with E-state index in [1.807, 2.05) is 30.3 Å². The summed E-state index contributed by atoms with van der Waals surface area (Å²) in [5.74, 6) is 0.702. The number of methoxy groups -OCH3 is 2. The van der Waals surface area contributed by atoms with Gasteiger partial charge >= 0.3 is 11.6 Å². The third-order valence-corrected chi connectivity index (χ3v) is 4.35. The Morgan fingerprint density at radius 1 is 1.07 bits per heavy atom. The molecule has 0 saturated carbocycles. The summed E-state index contributed by atoms with van der Waals surface area (Å²) in [4.78, 5) is 23.7. The Hall–Kier alpha value is -3.28. The quantitative estimate of drug-likeness (QED) is 0.505. The third-order valence-electron chi connectivity index (χ3n) is 4.35. The standard InChI is InChI=1S/C21H20O6/c1-12-18(26-13(2)21(23)25-4)10-9-16-17(11-19(22)27-20(12)16)14-5-7-15(24-3)8-6-14/h5-11,13H,1-4H3. The first-order valence-corrected chi connectivity index (χ1v) is 8.41. The molecule has 1 heterocycles. The molecule has 27 heavy (non-hydrogen) atoms. The first-order valence-electron chi connectivity index (χ1n) is 8.41. The molecule has 0 saturated heterocycles. The van der Waals surface area contributed by atoms with Crippen molar-refractivity contribution < 1.29 is 23.4 Å². The highest BCUT2D eigenvalue weighted by Gasteiger charge is 2.18. The second-order valence-corrected chi connectivity index (χ2v) is 6.06. The molecule has 0 fully saturated rings. The molecule has 3 rings (SSSR count). The number of benzene rings is 2. The van der Waals surface area contributed by atoms with Crippen molar-refractivity contribution in [3.63, 3.8) is 0 Å². The summed E-state index contributed by atoms with van der Waals surface area (Å²) in [6, 6.07) is 12.4. The summed E-state index contributed by atoms with van der Waals surface area (Å²) in [6.07, 6.45) is -0.775. The molecule has 0 spiro atoms. The van der Waals surface area contributed by atoms with Gasteiger partial charge in [-0.1, -0.05) is 12.1 Å². The van der Waals surface area contributed by atoms with Gasteiger partial charge in [0, 0.05) is 17.0 Å². The van der Waals surface area contributed by atoms with E-state index in [1.54, 1.807) is 27.0 Å². The summed E-state index contributed by atoms with van der Waals surface area (Å²) in [6.45, 7) is 3.38. The van der Waals surface area contributed by atoms with Crippen LogP contribution in [0.5, 0.6) is 11.5 Å². The molecule has 1 aromatic heterocycles. The first-order chi connectivity index (χ1) is 12.9. The topological polar surface area (TPSA) is 75.0 Å². The molecule has 0 aliphatic carbocycles. The van der Waals surface area contributed by atoms with Crippen LogP contribution in [0, 0.1) is 6.92 Å². The summed E-state index contributed by atoms with van der Waals surface area (Å²) in [5, 5.41) is 0.773. The van der Waals surface area contributed by atoms with E-state index in [9.17, 15) is 9.59 Å². The van der Waals surface area contributed by atoms with Crippen LogP contribution in [0.25, 0.3) is 22.1 Å². The van der Waals surface area contributed by atoms with E-state index in [2.05, 4.69) is 4.74 Å². The number of carbonyl (C=O) groups is 1. The molecular weight excluding hydrogens is 348 g/mol. The van der Waals surface area contributed by atoms with Crippen molar-refractivity contribution in [1.29, 1.82) is 0 Å². The molecule has 6 nitrogen and oxygen atoms in total. The van der Waals surface area contributed by atoms with Crippen molar-refractivity contribution in [2.75, 3.05) is 14.2 Å². The molecule has 0 radical (unpaired) electrons. The Balaban J connectivity index is 2.11. The fourth-order valence-electron chi connectivity index (χ4n) is 2.88. The molecule has 0 aliphatic rings. The lowest BCUT2D eigenvalue weighted by molar-refractivity contribution is -0.147. The fourth-order valence-corrected chi connectivity index (χ4v) is 2.88. The smallest absolute Gasteiger partial charge is 0.346 e. The van der Waals surface area contributed by atoms with Crippen LogP contribution in [-0.4, -0.2) is 26.3 Å². The monoisotopic (exact) mass is 368 g/mol. The Kier molecular flexibility index (Phi) is 5.16. The number of esters is 1. The zero-order chi connectivity index (χ0) is 19.6. The average Bonchev–Trinajstić information content (AvgIpc) is 2.69. The molecule has 1 atom stereocenters. The third kappa shape index (κ3) is 3.65. The normalized spacial score (nSPS) is 11.9. The Labute approximate surface area is 156 Å². The van der Waals surface area contributed by atoms with E-state index in [0.717, 1.165) is 22.3 Å². The van der Waals surface area contributed by atoms with Gasteiger partial charge in [0.1, 0.15) is 17.1 Å². The lowest BCUT2D eigenvalue weighted by Gasteiger charge is -2.16. The minimum atomic E-state index is -0.775. The highest BCUT2D eigenvalue weighted by atomic mass is 16.6. The molecule has 6 heteroatoms. The number of hydrogen-bond acceptors (Lipinski definition) is 6. The molecule has 140 valence electrons. The average molecular weight is 368 g/mol. The lowest BCUT2D eigenvalue weighted by atomic mass is 10.00. The lowest BCUT2D eigenvalue weighted by Crippen LogP contribution is -2.25. The van der Waals surface area contributed by atoms with E-state index in [1.165, 1.54) is 13.2 Å². The summed E-state index contributed by atoms with van der Waals surface area (Å²) >= 11 is 0. The van der Waals surface area contributed by atoms with Crippen LogP contribution in [0.2, 0.25) is 0 Å². The summed E-state index contributed by atoms with van der Waals surface area (Å²) in [5.41, 5.74) is 2.21. The van der Waals surface area contributed by atoms with Crippen LogP contribution in [0.4, 0.5) is 0 Å². The van der Waals surface area contributed by atoms with Crippen LogP contribution in [-0.2, 0) is 9.53 Å².